The van der Waals surface area contributed by atoms with Gasteiger partial charge in [0.2, 0.25) is 5.91 Å². The van der Waals surface area contributed by atoms with Gasteiger partial charge in [-0.05, 0) is 75.3 Å². The number of piperidine rings is 1. The van der Waals surface area contributed by atoms with Crippen LogP contribution in [-0.2, 0) is 16.1 Å². The number of aryl methyl sites for hydroxylation is 1. The number of hydrogen-bond donors (Lipinski definition) is 2. The summed E-state index contributed by atoms with van der Waals surface area (Å²) >= 11 is 0. The van der Waals surface area contributed by atoms with Crippen molar-refractivity contribution in [3.8, 4) is 16.9 Å². The van der Waals surface area contributed by atoms with E-state index in [0.717, 1.165) is 62.1 Å². The minimum Gasteiger partial charge on any atom is -0.478 e. The molecule has 0 spiro atoms. The molecule has 3 fully saturated rings. The molecule has 0 radical (unpaired) electrons. The van der Waals surface area contributed by atoms with Gasteiger partial charge in [0.1, 0.15) is 5.75 Å². The smallest absolute Gasteiger partial charge is 0.266 e. The van der Waals surface area contributed by atoms with Crippen molar-refractivity contribution in [1.82, 2.24) is 25.3 Å². The summed E-state index contributed by atoms with van der Waals surface area (Å²) in [7, 11) is 0. The van der Waals surface area contributed by atoms with Crippen LogP contribution in [0.3, 0.4) is 0 Å². The monoisotopic (exact) mass is 620 g/mol. The Bertz CT molecular complexity index is 1430. The van der Waals surface area contributed by atoms with Gasteiger partial charge >= 0.3 is 0 Å². The van der Waals surface area contributed by atoms with Crippen LogP contribution in [0.2, 0.25) is 0 Å². The van der Waals surface area contributed by atoms with Gasteiger partial charge in [-0.15, -0.1) is 12.4 Å². The second kappa shape index (κ2) is 13.6. The van der Waals surface area contributed by atoms with Crippen LogP contribution in [0, 0.1) is 12.8 Å². The Morgan fingerprint density at radius 3 is 2.55 bits per heavy atom. The standard InChI is InChI=1S/C34H44N6O3.ClH/c1-24-18-25(28-20-36-37-21-28)9-10-26(24)23-40(29-11-12-29)32(41)27-6-5-15-39(22-27)30-7-4-8-31(19-30)43-34(2,3)33(42)38-16-13-35-14-17-38;/h4,7-10,18-21,27,29,35H,5-6,11-17,22-23H2,1-3H3,(H,36,37);1H/t27-;/m1./s1. The van der Waals surface area contributed by atoms with E-state index in [2.05, 4.69) is 56.5 Å². The molecule has 10 heteroatoms. The zero-order valence-corrected chi connectivity index (χ0v) is 26.9. The molecule has 0 unspecified atom stereocenters. The summed E-state index contributed by atoms with van der Waals surface area (Å²) in [5.74, 6) is 0.902. The van der Waals surface area contributed by atoms with E-state index in [0.29, 0.717) is 38.0 Å². The molecule has 3 aliphatic rings. The van der Waals surface area contributed by atoms with E-state index in [9.17, 15) is 9.59 Å². The van der Waals surface area contributed by atoms with Crippen LogP contribution in [0.1, 0.15) is 50.7 Å². The van der Waals surface area contributed by atoms with E-state index in [1.165, 1.54) is 11.1 Å². The Kier molecular flexibility index (Phi) is 9.85. The van der Waals surface area contributed by atoms with Gasteiger partial charge in [-0.3, -0.25) is 14.7 Å². The van der Waals surface area contributed by atoms with Crippen molar-refractivity contribution in [2.75, 3.05) is 44.2 Å². The van der Waals surface area contributed by atoms with Crippen molar-refractivity contribution in [2.45, 2.75) is 64.6 Å². The first-order chi connectivity index (χ1) is 20.8. The number of benzene rings is 2. The second-order valence-corrected chi connectivity index (χ2v) is 12.8. The molecule has 3 aromatic rings. The Balaban J connectivity index is 0.00000384. The van der Waals surface area contributed by atoms with Crippen LogP contribution < -0.4 is 15.0 Å². The van der Waals surface area contributed by atoms with Gasteiger partial charge in [0.15, 0.2) is 5.60 Å². The molecule has 2 saturated heterocycles. The lowest BCUT2D eigenvalue weighted by atomic mass is 9.95. The first-order valence-corrected chi connectivity index (χ1v) is 15.7. The fraction of sp³-hybridized carbons (Fsp3) is 0.500. The molecule has 6 rings (SSSR count). The molecule has 9 nitrogen and oxygen atoms in total. The largest absolute Gasteiger partial charge is 0.478 e. The summed E-state index contributed by atoms with van der Waals surface area (Å²) in [6.07, 6.45) is 7.76. The topological polar surface area (TPSA) is 93.8 Å². The first-order valence-electron chi connectivity index (χ1n) is 15.7. The van der Waals surface area contributed by atoms with E-state index in [4.69, 9.17) is 4.74 Å². The zero-order valence-electron chi connectivity index (χ0n) is 26.1. The van der Waals surface area contributed by atoms with E-state index in [1.54, 1.807) is 0 Å². The number of piperazine rings is 1. The van der Waals surface area contributed by atoms with E-state index in [-0.39, 0.29) is 30.1 Å². The van der Waals surface area contributed by atoms with Gasteiger partial charge in [0.25, 0.3) is 5.91 Å². The highest BCUT2D eigenvalue weighted by atomic mass is 35.5. The van der Waals surface area contributed by atoms with Gasteiger partial charge < -0.3 is 24.8 Å². The number of rotatable bonds is 9. The SMILES string of the molecule is Cc1cc(-c2cn[nH]c2)ccc1CN(C(=O)[C@@H]1CCCN(c2cccc(OC(C)(C)C(=O)N3CCNCC3)c2)C1)C1CC1.Cl. The number of nitrogens with zero attached hydrogens (tertiary/aromatic N) is 4. The highest BCUT2D eigenvalue weighted by Crippen LogP contribution is 2.34. The number of carbonyl (C=O) groups excluding carboxylic acids is 2. The molecular formula is C34H45ClN6O3. The molecule has 1 atom stereocenters. The summed E-state index contributed by atoms with van der Waals surface area (Å²) in [5, 5.41) is 10.2. The number of halogens is 1. The Labute approximate surface area is 266 Å². The fourth-order valence-corrected chi connectivity index (χ4v) is 6.40. The number of H-pyrrole nitrogens is 1. The number of nitrogens with one attached hydrogen (secondary N) is 2. The average Bonchev–Trinajstić information content (AvgIpc) is 3.72. The highest BCUT2D eigenvalue weighted by molar-refractivity contribution is 5.85. The fourth-order valence-electron chi connectivity index (χ4n) is 6.40. The van der Waals surface area contributed by atoms with Gasteiger partial charge in [-0.25, -0.2) is 0 Å². The van der Waals surface area contributed by atoms with Crippen molar-refractivity contribution in [2.24, 2.45) is 5.92 Å². The van der Waals surface area contributed by atoms with Crippen LogP contribution in [0.4, 0.5) is 5.69 Å². The quantitative estimate of drug-likeness (QED) is 0.357. The molecule has 3 heterocycles. The Morgan fingerprint density at radius 1 is 1.05 bits per heavy atom. The molecule has 2 N–H and O–H groups in total. The molecular weight excluding hydrogens is 576 g/mol. The Morgan fingerprint density at radius 2 is 1.84 bits per heavy atom. The van der Waals surface area contributed by atoms with Gasteiger partial charge in [0, 0.05) is 75.4 Å². The van der Waals surface area contributed by atoms with Crippen LogP contribution in [0.5, 0.6) is 5.75 Å². The maximum atomic E-state index is 14.0. The van der Waals surface area contributed by atoms with Crippen molar-refractivity contribution in [1.29, 1.82) is 0 Å². The van der Waals surface area contributed by atoms with Crippen molar-refractivity contribution in [3.63, 3.8) is 0 Å². The third-order valence-electron chi connectivity index (χ3n) is 9.03. The van der Waals surface area contributed by atoms with Gasteiger partial charge in [-0.2, -0.15) is 5.10 Å². The number of carbonyl (C=O) groups is 2. The van der Waals surface area contributed by atoms with Crippen molar-refractivity contribution in [3.05, 3.63) is 66.0 Å². The number of ether oxygens (including phenoxy) is 1. The molecule has 2 amide bonds. The highest BCUT2D eigenvalue weighted by Gasteiger charge is 2.38. The van der Waals surface area contributed by atoms with Crippen LogP contribution in [0.15, 0.2) is 54.9 Å². The van der Waals surface area contributed by atoms with Crippen molar-refractivity contribution < 1.29 is 14.3 Å². The second-order valence-electron chi connectivity index (χ2n) is 12.8. The minimum absolute atomic E-state index is 0. The summed E-state index contributed by atoms with van der Waals surface area (Å²) in [4.78, 5) is 33.5. The normalized spacial score (nSPS) is 18.8. The zero-order chi connectivity index (χ0) is 30.0. The number of amides is 2. The first kappa shape index (κ1) is 31.9. The molecule has 2 aliphatic heterocycles. The third-order valence-corrected chi connectivity index (χ3v) is 9.03. The number of aromatic nitrogens is 2. The minimum atomic E-state index is -0.962. The van der Waals surface area contributed by atoms with E-state index < -0.39 is 5.60 Å². The average molecular weight is 621 g/mol. The summed E-state index contributed by atoms with van der Waals surface area (Å²) in [5.41, 5.74) is 4.65. The number of anilines is 1. The molecule has 0 bridgehead atoms. The third kappa shape index (κ3) is 7.21. The predicted molar refractivity (Wildman–Crippen MR) is 175 cm³/mol. The van der Waals surface area contributed by atoms with Crippen molar-refractivity contribution >= 4 is 29.9 Å². The van der Waals surface area contributed by atoms with Gasteiger partial charge in [0.05, 0.1) is 12.1 Å². The molecule has 1 aromatic heterocycles. The van der Waals surface area contributed by atoms with Crippen LogP contribution in [0.25, 0.3) is 11.1 Å². The molecule has 236 valence electrons. The lowest BCUT2D eigenvalue weighted by Crippen LogP contribution is -2.54. The summed E-state index contributed by atoms with van der Waals surface area (Å²) in [6, 6.07) is 14.8. The predicted octanol–water partition coefficient (Wildman–Crippen LogP) is 4.80. The number of aromatic amines is 1. The molecule has 44 heavy (non-hydrogen) atoms. The van der Waals surface area contributed by atoms with E-state index in [1.807, 2.05) is 49.3 Å². The maximum Gasteiger partial charge on any atom is 0.266 e. The molecule has 1 saturated carbocycles. The lowest BCUT2D eigenvalue weighted by molar-refractivity contribution is -0.146. The molecule has 2 aromatic carbocycles. The molecule has 1 aliphatic carbocycles. The van der Waals surface area contributed by atoms with Crippen LogP contribution >= 0.6 is 12.4 Å². The Hall–Kier alpha value is -3.56. The maximum absolute atomic E-state index is 14.0. The van der Waals surface area contributed by atoms with E-state index >= 15 is 0 Å². The number of hydrogen-bond acceptors (Lipinski definition) is 6. The summed E-state index contributed by atoms with van der Waals surface area (Å²) < 4.78 is 6.29. The van der Waals surface area contributed by atoms with Gasteiger partial charge in [-0.1, -0.05) is 24.3 Å². The lowest BCUT2D eigenvalue weighted by Gasteiger charge is -2.37. The van der Waals surface area contributed by atoms with Crippen LogP contribution in [-0.4, -0.2) is 82.7 Å². The summed E-state index contributed by atoms with van der Waals surface area (Å²) in [6.45, 7) is 11.1.